The molecule has 2 heteroatoms. The minimum absolute atomic E-state index is 0.0584. The van der Waals surface area contributed by atoms with E-state index < -0.39 is 0 Å². The summed E-state index contributed by atoms with van der Waals surface area (Å²) in [7, 11) is 0. The van der Waals surface area contributed by atoms with Crippen LogP contribution in [0.3, 0.4) is 0 Å². The van der Waals surface area contributed by atoms with Crippen LogP contribution < -0.4 is 0 Å². The van der Waals surface area contributed by atoms with Gasteiger partial charge in [0.25, 0.3) is 0 Å². The fraction of sp³-hybridized carbons (Fsp3) is 0.935. The summed E-state index contributed by atoms with van der Waals surface area (Å²) in [4.78, 5) is 13.2. The predicted octanol–water partition coefficient (Wildman–Crippen LogP) is 8.06. The minimum Gasteiger partial charge on any atom is -0.299 e. The van der Waals surface area contributed by atoms with Gasteiger partial charge in [-0.3, -0.25) is 4.79 Å². The first-order valence-electron chi connectivity index (χ1n) is 14.2. The number of hydrogen-bond acceptors (Lipinski definition) is 2. The van der Waals surface area contributed by atoms with Gasteiger partial charge in [-0.25, -0.2) is 0 Å². The van der Waals surface area contributed by atoms with E-state index in [4.69, 9.17) is 0 Å². The Balaban J connectivity index is 1.57. The number of hydrogen-bond donors (Lipinski definition) is 0. The molecular weight excluding hydrogens is 402 g/mol. The van der Waals surface area contributed by atoms with Crippen molar-refractivity contribution >= 4 is 5.78 Å². The maximum absolute atomic E-state index is 13.2. The number of ketones is 1. The molecule has 0 amide bonds. The van der Waals surface area contributed by atoms with Crippen molar-refractivity contribution in [2.24, 2.45) is 68.5 Å². The third kappa shape index (κ3) is 2.75. The highest BCUT2D eigenvalue weighted by atomic mass is 16.1. The lowest BCUT2D eigenvalue weighted by Crippen LogP contribution is -2.67. The maximum Gasteiger partial charge on any atom is 0.141 e. The number of carbonyl (C=O) groups excluding carboxylic acids is 1. The Kier molecular flexibility index (Phi) is 5.14. The summed E-state index contributed by atoms with van der Waals surface area (Å²) in [6.45, 7) is 19.5. The molecule has 0 aromatic rings. The molecule has 5 aliphatic carbocycles. The van der Waals surface area contributed by atoms with Crippen LogP contribution in [0.25, 0.3) is 0 Å². The largest absolute Gasteiger partial charge is 0.299 e. The quantitative estimate of drug-likeness (QED) is 0.404. The molecule has 0 bridgehead atoms. The third-order valence-corrected chi connectivity index (χ3v) is 13.5. The average molecular weight is 452 g/mol. The molecule has 0 aromatic carbocycles. The van der Waals surface area contributed by atoms with E-state index in [1.54, 1.807) is 0 Å². The monoisotopic (exact) mass is 451 g/mol. The fourth-order valence-corrected chi connectivity index (χ4v) is 12.0. The van der Waals surface area contributed by atoms with Crippen LogP contribution in [-0.2, 0) is 4.79 Å². The van der Waals surface area contributed by atoms with E-state index >= 15 is 0 Å². The normalized spacial score (nSPS) is 55.2. The van der Waals surface area contributed by atoms with Crippen molar-refractivity contribution in [2.75, 3.05) is 0 Å². The first kappa shape index (κ1) is 23.9. The standard InChI is InChI=1S/C31H49NO/c1-19(2)21-11-14-31(18-32)16-15-29(7)22(25(21)31)9-10-24-28(6)17-20(3)26(33)27(4,5)23(28)12-13-30(24,29)8/h19-25H,9-17H2,1-8H3/t20-,21-,22+,23+,24-,25-,28+,29+,30+,31+/m0/s1. The van der Waals surface area contributed by atoms with Gasteiger partial charge in [0.15, 0.2) is 0 Å². The molecule has 5 rings (SSSR count). The van der Waals surface area contributed by atoms with Crippen LogP contribution in [0.1, 0.15) is 113 Å². The van der Waals surface area contributed by atoms with Gasteiger partial charge in [0, 0.05) is 11.3 Å². The van der Waals surface area contributed by atoms with E-state index in [9.17, 15) is 10.1 Å². The van der Waals surface area contributed by atoms with Gasteiger partial charge in [-0.1, -0.05) is 55.4 Å². The number of nitriles is 1. The van der Waals surface area contributed by atoms with Crippen molar-refractivity contribution in [1.82, 2.24) is 0 Å². The Labute approximate surface area is 203 Å². The first-order chi connectivity index (χ1) is 15.3. The van der Waals surface area contributed by atoms with Gasteiger partial charge < -0.3 is 0 Å². The van der Waals surface area contributed by atoms with Crippen LogP contribution in [-0.4, -0.2) is 5.78 Å². The molecule has 2 nitrogen and oxygen atoms in total. The lowest BCUT2D eigenvalue weighted by molar-refractivity contribution is -0.235. The first-order valence-corrected chi connectivity index (χ1v) is 14.2. The molecule has 5 fully saturated rings. The molecule has 10 atom stereocenters. The summed E-state index contributed by atoms with van der Waals surface area (Å²) in [6.07, 6.45) is 10.9. The maximum atomic E-state index is 13.2. The van der Waals surface area contributed by atoms with Crippen LogP contribution in [0.5, 0.6) is 0 Å². The molecule has 0 N–H and O–H groups in total. The predicted molar refractivity (Wildman–Crippen MR) is 134 cm³/mol. The molecule has 184 valence electrons. The molecule has 0 saturated heterocycles. The molecular formula is C31H49NO. The van der Waals surface area contributed by atoms with Crippen molar-refractivity contribution in [3.05, 3.63) is 0 Å². The van der Waals surface area contributed by atoms with Crippen LogP contribution in [0.2, 0.25) is 0 Å². The molecule has 0 unspecified atom stereocenters. The zero-order valence-corrected chi connectivity index (χ0v) is 22.8. The van der Waals surface area contributed by atoms with Crippen molar-refractivity contribution in [3.8, 4) is 6.07 Å². The van der Waals surface area contributed by atoms with Gasteiger partial charge in [0.05, 0.1) is 11.5 Å². The number of Topliss-reactive ketones (excluding diaryl/α,β-unsaturated/α-hetero) is 1. The van der Waals surface area contributed by atoms with E-state index in [-0.39, 0.29) is 22.2 Å². The summed E-state index contributed by atoms with van der Waals surface area (Å²) in [5, 5.41) is 10.4. The van der Waals surface area contributed by atoms with E-state index in [1.165, 1.54) is 38.5 Å². The second-order valence-corrected chi connectivity index (χ2v) is 15.1. The Hall–Kier alpha value is -0.840. The van der Waals surface area contributed by atoms with E-state index in [0.717, 1.165) is 19.3 Å². The number of carbonyl (C=O) groups is 1. The van der Waals surface area contributed by atoms with Crippen LogP contribution in [0.4, 0.5) is 0 Å². The highest BCUT2D eigenvalue weighted by Gasteiger charge is 2.71. The van der Waals surface area contributed by atoms with Crippen molar-refractivity contribution in [3.63, 3.8) is 0 Å². The molecule has 0 spiro atoms. The molecule has 33 heavy (non-hydrogen) atoms. The summed E-state index contributed by atoms with van der Waals surface area (Å²) < 4.78 is 0. The Bertz CT molecular complexity index is 882. The number of rotatable bonds is 1. The molecule has 0 radical (unpaired) electrons. The number of nitrogens with zero attached hydrogens (tertiary/aromatic N) is 1. The Morgan fingerprint density at radius 1 is 0.879 bits per heavy atom. The van der Waals surface area contributed by atoms with Crippen LogP contribution >= 0.6 is 0 Å². The van der Waals surface area contributed by atoms with E-state index in [0.29, 0.717) is 52.1 Å². The van der Waals surface area contributed by atoms with E-state index in [1.807, 2.05) is 0 Å². The van der Waals surface area contributed by atoms with Crippen LogP contribution in [0, 0.1) is 79.8 Å². The zero-order valence-electron chi connectivity index (χ0n) is 22.8. The highest BCUT2D eigenvalue weighted by molar-refractivity contribution is 5.87. The Morgan fingerprint density at radius 2 is 1.58 bits per heavy atom. The molecule has 5 aliphatic rings. The third-order valence-electron chi connectivity index (χ3n) is 13.5. The van der Waals surface area contributed by atoms with Crippen LogP contribution in [0.15, 0.2) is 0 Å². The molecule has 0 aromatic heterocycles. The van der Waals surface area contributed by atoms with Gasteiger partial charge >= 0.3 is 0 Å². The molecule has 5 saturated carbocycles. The number of fused-ring (bicyclic) bond motifs is 7. The highest BCUT2D eigenvalue weighted by Crippen LogP contribution is 2.77. The van der Waals surface area contributed by atoms with Gasteiger partial charge in [-0.2, -0.15) is 5.26 Å². The van der Waals surface area contributed by atoms with Gasteiger partial charge in [0.2, 0.25) is 0 Å². The minimum atomic E-state index is -0.192. The van der Waals surface area contributed by atoms with Gasteiger partial charge in [-0.15, -0.1) is 0 Å². The Morgan fingerprint density at radius 3 is 2.21 bits per heavy atom. The van der Waals surface area contributed by atoms with Gasteiger partial charge in [-0.05, 0) is 110 Å². The molecule has 0 aliphatic heterocycles. The zero-order chi connectivity index (χ0) is 24.2. The second-order valence-electron chi connectivity index (χ2n) is 15.1. The van der Waals surface area contributed by atoms with Gasteiger partial charge in [0.1, 0.15) is 5.78 Å². The summed E-state index contributed by atoms with van der Waals surface area (Å²) in [5.74, 6) is 4.59. The fourth-order valence-electron chi connectivity index (χ4n) is 12.0. The topological polar surface area (TPSA) is 40.9 Å². The average Bonchev–Trinajstić information content (AvgIpc) is 3.13. The summed E-state index contributed by atoms with van der Waals surface area (Å²) in [6, 6.07) is 2.94. The van der Waals surface area contributed by atoms with E-state index in [2.05, 4.69) is 61.5 Å². The van der Waals surface area contributed by atoms with Crippen molar-refractivity contribution < 1.29 is 4.79 Å². The lowest BCUT2D eigenvalue weighted by Gasteiger charge is -2.72. The lowest BCUT2D eigenvalue weighted by atomic mass is 9.32. The summed E-state index contributed by atoms with van der Waals surface area (Å²) in [5.41, 5.74) is 0.651. The van der Waals surface area contributed by atoms with Crippen molar-refractivity contribution in [1.29, 1.82) is 5.26 Å². The SMILES string of the molecule is CC(C)[C@@H]1CC[C@]2(C#N)CC[C@]3(C)[C@H](CC[C@H]4[C@]5(C)C[C@H](C)C(=O)C(C)(C)[C@H]5CC[C@]43C)[C@H]12. The smallest absolute Gasteiger partial charge is 0.141 e. The molecule has 0 heterocycles. The van der Waals surface area contributed by atoms with Crippen molar-refractivity contribution in [2.45, 2.75) is 113 Å². The summed E-state index contributed by atoms with van der Waals surface area (Å²) >= 11 is 0. The second kappa shape index (κ2) is 7.11.